The van der Waals surface area contributed by atoms with Crippen molar-refractivity contribution in [2.45, 2.75) is 52.1 Å². The van der Waals surface area contributed by atoms with E-state index in [9.17, 15) is 4.79 Å². The Bertz CT molecular complexity index is 1290. The molecule has 2 aliphatic rings. The molecule has 3 aromatic rings. The van der Waals surface area contributed by atoms with Crippen molar-refractivity contribution in [2.75, 3.05) is 32.9 Å². The van der Waals surface area contributed by atoms with E-state index in [1.54, 1.807) is 4.90 Å². The zero-order chi connectivity index (χ0) is 26.3. The quantitative estimate of drug-likeness (QED) is 0.497. The number of carbonyl (C=O) groups is 1. The Morgan fingerprint density at radius 1 is 1.11 bits per heavy atom. The minimum atomic E-state index is -0.796. The fraction of sp³-hybridized carbons (Fsp3) is 0.481. The fourth-order valence-electron chi connectivity index (χ4n) is 4.65. The van der Waals surface area contributed by atoms with Crippen molar-refractivity contribution in [1.29, 1.82) is 0 Å². The number of aromatic nitrogens is 2. The van der Waals surface area contributed by atoms with Gasteiger partial charge >= 0.3 is 6.09 Å². The predicted molar refractivity (Wildman–Crippen MR) is 131 cm³/mol. The maximum Gasteiger partial charge on any atom is 0.410 e. The van der Waals surface area contributed by atoms with Crippen LogP contribution in [0.5, 0.6) is 0 Å². The topological polar surface area (TPSA) is 74.5 Å². The van der Waals surface area contributed by atoms with E-state index in [0.717, 1.165) is 5.56 Å². The molecule has 1 aromatic carbocycles. The Morgan fingerprint density at radius 3 is 2.49 bits per heavy atom. The van der Waals surface area contributed by atoms with Gasteiger partial charge in [-0.15, -0.1) is 0 Å². The third kappa shape index (κ3) is 5.46. The molecule has 0 spiro atoms. The van der Waals surface area contributed by atoms with Crippen molar-refractivity contribution in [3.63, 3.8) is 0 Å². The molecule has 10 heteroatoms. The molecule has 0 radical (unpaired) electrons. The van der Waals surface area contributed by atoms with Crippen molar-refractivity contribution < 1.29 is 32.5 Å². The summed E-state index contributed by atoms with van der Waals surface area (Å²) in [6, 6.07) is 6.22. The minimum Gasteiger partial charge on any atom is -0.444 e. The average Bonchev–Trinajstić information content (AvgIpc) is 3.47. The molecule has 1 amide bonds. The number of aryl methyl sites for hydroxylation is 1. The third-order valence-electron chi connectivity index (χ3n) is 6.29. The summed E-state index contributed by atoms with van der Waals surface area (Å²) < 4.78 is 55.0. The van der Waals surface area contributed by atoms with Gasteiger partial charge in [0.1, 0.15) is 22.9 Å². The standard InChI is InChI=1S/C27H31F2N3O5/c1-16-5-6-32-21(14-18-15-31(7-8-34-18)26(33)37-27(2,3)4)24(30-22(32)11-16)23-19(28)12-17(13-20(23)29)25-35-9-10-36-25/h5-6,11-13,18,25H,7-10,14-15H2,1-4H3. The van der Waals surface area contributed by atoms with E-state index in [1.165, 1.54) is 12.1 Å². The summed E-state index contributed by atoms with van der Waals surface area (Å²) in [5.41, 5.74) is 1.75. The Balaban J connectivity index is 1.49. The lowest BCUT2D eigenvalue weighted by Gasteiger charge is -2.34. The number of hydrogen-bond donors (Lipinski definition) is 0. The van der Waals surface area contributed by atoms with Crippen LogP contribution in [0, 0.1) is 18.6 Å². The third-order valence-corrected chi connectivity index (χ3v) is 6.29. The first-order valence-corrected chi connectivity index (χ1v) is 12.4. The number of imidazole rings is 1. The van der Waals surface area contributed by atoms with Gasteiger partial charge in [-0.25, -0.2) is 18.6 Å². The molecule has 1 unspecified atom stereocenters. The van der Waals surface area contributed by atoms with E-state index in [4.69, 9.17) is 18.9 Å². The van der Waals surface area contributed by atoms with Gasteiger partial charge in [-0.05, 0) is 57.5 Å². The highest BCUT2D eigenvalue weighted by molar-refractivity contribution is 5.69. The Labute approximate surface area is 214 Å². The van der Waals surface area contributed by atoms with E-state index in [0.29, 0.717) is 37.7 Å². The number of hydrogen-bond acceptors (Lipinski definition) is 6. The lowest BCUT2D eigenvalue weighted by molar-refractivity contribution is -0.0445. The summed E-state index contributed by atoms with van der Waals surface area (Å²) in [6.07, 6.45) is 0.491. The summed E-state index contributed by atoms with van der Waals surface area (Å²) in [7, 11) is 0. The fourth-order valence-corrected chi connectivity index (χ4v) is 4.65. The second-order valence-electron chi connectivity index (χ2n) is 10.4. The molecule has 198 valence electrons. The normalized spacial score (nSPS) is 19.1. The molecule has 2 saturated heterocycles. The first-order valence-electron chi connectivity index (χ1n) is 12.4. The van der Waals surface area contributed by atoms with Gasteiger partial charge in [0, 0.05) is 24.7 Å². The van der Waals surface area contributed by atoms with Crippen LogP contribution in [0.4, 0.5) is 13.6 Å². The van der Waals surface area contributed by atoms with Gasteiger partial charge in [0.2, 0.25) is 0 Å². The molecule has 0 N–H and O–H groups in total. The number of nitrogens with zero attached hydrogens (tertiary/aromatic N) is 3. The summed E-state index contributed by atoms with van der Waals surface area (Å²) >= 11 is 0. The molecule has 8 nitrogen and oxygen atoms in total. The number of carbonyl (C=O) groups excluding carboxylic acids is 1. The Kier molecular flexibility index (Phi) is 6.91. The van der Waals surface area contributed by atoms with Crippen LogP contribution in [0.15, 0.2) is 30.5 Å². The molecular weight excluding hydrogens is 484 g/mol. The molecule has 1 atom stereocenters. The number of benzene rings is 1. The van der Waals surface area contributed by atoms with Crippen molar-refractivity contribution in [3.05, 3.63) is 58.9 Å². The summed E-state index contributed by atoms with van der Waals surface area (Å²) in [5.74, 6) is -1.51. The van der Waals surface area contributed by atoms with Gasteiger partial charge in [-0.2, -0.15) is 0 Å². The zero-order valence-corrected chi connectivity index (χ0v) is 21.4. The number of ether oxygens (including phenoxy) is 4. The highest BCUT2D eigenvalue weighted by Gasteiger charge is 2.31. The van der Waals surface area contributed by atoms with Crippen molar-refractivity contribution in [1.82, 2.24) is 14.3 Å². The molecule has 5 rings (SSSR count). The molecule has 0 bridgehead atoms. The number of halogens is 2. The summed E-state index contributed by atoms with van der Waals surface area (Å²) in [6.45, 7) is 9.12. The molecule has 37 heavy (non-hydrogen) atoms. The second kappa shape index (κ2) is 10.00. The highest BCUT2D eigenvalue weighted by atomic mass is 19.1. The minimum absolute atomic E-state index is 0.193. The molecule has 2 fully saturated rings. The van der Waals surface area contributed by atoms with Crippen LogP contribution >= 0.6 is 0 Å². The molecule has 2 aromatic heterocycles. The number of fused-ring (bicyclic) bond motifs is 1. The lowest BCUT2D eigenvalue weighted by Crippen LogP contribution is -2.48. The summed E-state index contributed by atoms with van der Waals surface area (Å²) in [4.78, 5) is 18.9. The maximum absolute atomic E-state index is 15.4. The smallest absolute Gasteiger partial charge is 0.410 e. The second-order valence-corrected chi connectivity index (χ2v) is 10.4. The average molecular weight is 516 g/mol. The van der Waals surface area contributed by atoms with Gasteiger partial charge < -0.3 is 28.2 Å². The first-order chi connectivity index (χ1) is 17.6. The monoisotopic (exact) mass is 515 g/mol. The SMILES string of the molecule is Cc1ccn2c(CC3CN(C(=O)OC(C)(C)C)CCO3)c(-c3c(F)cc(C4OCCO4)cc3F)nc2c1. The van der Waals surface area contributed by atoms with Crippen LogP contribution < -0.4 is 0 Å². The van der Waals surface area contributed by atoms with Crippen LogP contribution in [0.2, 0.25) is 0 Å². The Morgan fingerprint density at radius 2 is 1.81 bits per heavy atom. The Hall–Kier alpha value is -3.08. The van der Waals surface area contributed by atoms with Crippen LogP contribution in [0.1, 0.15) is 43.9 Å². The van der Waals surface area contributed by atoms with Gasteiger partial charge in [0.25, 0.3) is 0 Å². The lowest BCUT2D eigenvalue weighted by atomic mass is 10.0. The molecule has 0 aliphatic carbocycles. The van der Waals surface area contributed by atoms with Gasteiger partial charge in [-0.3, -0.25) is 0 Å². The van der Waals surface area contributed by atoms with E-state index in [1.807, 2.05) is 50.4 Å². The van der Waals surface area contributed by atoms with E-state index in [-0.39, 0.29) is 29.8 Å². The molecular formula is C27H31F2N3O5. The molecule has 0 saturated carbocycles. The van der Waals surface area contributed by atoms with Crippen molar-refractivity contribution in [2.24, 2.45) is 0 Å². The maximum atomic E-state index is 15.4. The van der Waals surface area contributed by atoms with E-state index in [2.05, 4.69) is 4.98 Å². The zero-order valence-electron chi connectivity index (χ0n) is 21.4. The van der Waals surface area contributed by atoms with Crippen molar-refractivity contribution in [3.8, 4) is 11.3 Å². The van der Waals surface area contributed by atoms with Crippen LogP contribution in [0.3, 0.4) is 0 Å². The van der Waals surface area contributed by atoms with E-state index < -0.39 is 35.7 Å². The largest absolute Gasteiger partial charge is 0.444 e. The number of rotatable bonds is 4. The number of pyridine rings is 1. The molecule has 4 heterocycles. The first kappa shape index (κ1) is 25.6. The van der Waals surface area contributed by atoms with Crippen molar-refractivity contribution >= 4 is 11.7 Å². The summed E-state index contributed by atoms with van der Waals surface area (Å²) in [5, 5.41) is 0. The van der Waals surface area contributed by atoms with Gasteiger partial charge in [0.05, 0.1) is 49.4 Å². The predicted octanol–water partition coefficient (Wildman–Crippen LogP) is 4.81. The highest BCUT2D eigenvalue weighted by Crippen LogP contribution is 2.34. The van der Waals surface area contributed by atoms with Crippen LogP contribution in [-0.2, 0) is 25.4 Å². The van der Waals surface area contributed by atoms with E-state index >= 15 is 8.78 Å². The van der Waals surface area contributed by atoms with Gasteiger partial charge in [-0.1, -0.05) is 0 Å². The molecule has 2 aliphatic heterocycles. The van der Waals surface area contributed by atoms with Gasteiger partial charge in [0.15, 0.2) is 6.29 Å². The number of morpholine rings is 1. The van der Waals surface area contributed by atoms with Crippen LogP contribution in [0.25, 0.3) is 16.9 Å². The van der Waals surface area contributed by atoms with Crippen LogP contribution in [-0.4, -0.2) is 65.0 Å². The number of amides is 1.